The van der Waals surface area contributed by atoms with Gasteiger partial charge in [0.25, 0.3) is 18.4 Å². The Morgan fingerprint density at radius 3 is 1.82 bits per heavy atom. The van der Waals surface area contributed by atoms with Gasteiger partial charge in [-0.15, -0.1) is 0 Å². The molecule has 28 heavy (non-hydrogen) atoms. The quantitative estimate of drug-likeness (QED) is 0.374. The molecule has 0 aliphatic rings. The van der Waals surface area contributed by atoms with Crippen LogP contribution in [0, 0.1) is 0 Å². The molecule has 4 nitrogen and oxygen atoms in total. The zero-order valence-corrected chi connectivity index (χ0v) is 19.1. The van der Waals surface area contributed by atoms with Crippen molar-refractivity contribution in [2.75, 3.05) is 19.5 Å². The molecule has 0 N–H and O–H groups in total. The van der Waals surface area contributed by atoms with Crippen LogP contribution in [0.2, 0.25) is 5.04 Å². The molecule has 0 aliphatic heterocycles. The predicted octanol–water partition coefficient (Wildman–Crippen LogP) is 3.49. The third kappa shape index (κ3) is 5.64. The zero-order valence-electron chi connectivity index (χ0n) is 17.3. The summed E-state index contributed by atoms with van der Waals surface area (Å²) in [5, 5.41) is 2.33. The fourth-order valence-electron chi connectivity index (χ4n) is 3.33. The summed E-state index contributed by atoms with van der Waals surface area (Å²) in [6, 6.07) is 20.8. The summed E-state index contributed by atoms with van der Waals surface area (Å²) in [6.45, 7) is 8.96. The standard InChI is InChI=1S/C22H30O4SSi/c1-19(18-25-27(5,23)24)16-17-26-28(22(2,3)4,20-12-8-6-9-13-20)21-14-10-7-11-15-21/h6-16H,17-18H2,1-5H3/b19-16+. The van der Waals surface area contributed by atoms with Gasteiger partial charge in [-0.05, 0) is 27.9 Å². The molecule has 0 radical (unpaired) electrons. The largest absolute Gasteiger partial charge is 0.404 e. The van der Waals surface area contributed by atoms with E-state index < -0.39 is 18.4 Å². The van der Waals surface area contributed by atoms with E-state index in [1.165, 1.54) is 10.4 Å². The van der Waals surface area contributed by atoms with Gasteiger partial charge in [-0.2, -0.15) is 8.42 Å². The van der Waals surface area contributed by atoms with E-state index in [4.69, 9.17) is 8.61 Å². The van der Waals surface area contributed by atoms with E-state index in [0.29, 0.717) is 6.61 Å². The van der Waals surface area contributed by atoms with Crippen molar-refractivity contribution in [3.63, 3.8) is 0 Å². The molecule has 0 saturated heterocycles. The first-order valence-corrected chi connectivity index (χ1v) is 13.0. The fourth-order valence-corrected chi connectivity index (χ4v) is 8.22. The van der Waals surface area contributed by atoms with Crippen molar-refractivity contribution in [1.29, 1.82) is 0 Å². The van der Waals surface area contributed by atoms with E-state index in [1.807, 2.05) is 25.1 Å². The topological polar surface area (TPSA) is 52.6 Å². The van der Waals surface area contributed by atoms with Gasteiger partial charge in [0.05, 0.1) is 19.5 Å². The molecule has 0 heterocycles. The highest BCUT2D eigenvalue weighted by Gasteiger charge is 2.49. The van der Waals surface area contributed by atoms with Crippen LogP contribution in [0.25, 0.3) is 0 Å². The van der Waals surface area contributed by atoms with Crippen LogP contribution in [-0.2, 0) is 18.7 Å². The van der Waals surface area contributed by atoms with Crippen LogP contribution >= 0.6 is 0 Å². The molecule has 0 fully saturated rings. The molecule has 0 unspecified atom stereocenters. The minimum Gasteiger partial charge on any atom is -0.404 e. The Balaban J connectivity index is 2.39. The molecular weight excluding hydrogens is 388 g/mol. The zero-order chi connectivity index (χ0) is 20.8. The van der Waals surface area contributed by atoms with Crippen molar-refractivity contribution >= 4 is 28.8 Å². The summed E-state index contributed by atoms with van der Waals surface area (Å²) in [6.07, 6.45) is 2.96. The third-order valence-electron chi connectivity index (χ3n) is 4.65. The van der Waals surface area contributed by atoms with Crippen molar-refractivity contribution in [3.8, 4) is 0 Å². The summed E-state index contributed by atoms with van der Waals surface area (Å²) in [5.74, 6) is 0. The van der Waals surface area contributed by atoms with Crippen molar-refractivity contribution < 1.29 is 17.0 Å². The summed E-state index contributed by atoms with van der Waals surface area (Å²) in [7, 11) is -6.03. The first-order chi connectivity index (χ1) is 13.1. The molecule has 0 atom stereocenters. The Kier molecular flexibility index (Phi) is 7.39. The molecular formula is C22H30O4SSi. The maximum Gasteiger partial charge on any atom is 0.264 e. The molecule has 152 valence electrons. The third-order valence-corrected chi connectivity index (χ3v) is 10.2. The second kappa shape index (κ2) is 9.18. The average molecular weight is 419 g/mol. The number of rotatable bonds is 8. The predicted molar refractivity (Wildman–Crippen MR) is 118 cm³/mol. The Morgan fingerprint density at radius 1 is 0.964 bits per heavy atom. The molecule has 2 aromatic carbocycles. The number of hydrogen-bond acceptors (Lipinski definition) is 4. The molecule has 0 spiro atoms. The minimum absolute atomic E-state index is 0.0446. The normalized spacial score (nSPS) is 13.5. The van der Waals surface area contributed by atoms with Crippen molar-refractivity contribution in [1.82, 2.24) is 0 Å². The van der Waals surface area contributed by atoms with Crippen LogP contribution in [0.15, 0.2) is 72.3 Å². The Bertz CT molecular complexity index is 846. The highest BCUT2D eigenvalue weighted by molar-refractivity contribution is 7.86. The van der Waals surface area contributed by atoms with Crippen LogP contribution in [0.1, 0.15) is 27.7 Å². The van der Waals surface area contributed by atoms with Crippen LogP contribution in [0.3, 0.4) is 0 Å². The van der Waals surface area contributed by atoms with Gasteiger partial charge in [0, 0.05) is 0 Å². The molecule has 6 heteroatoms. The van der Waals surface area contributed by atoms with Gasteiger partial charge in [-0.1, -0.05) is 87.5 Å². The first-order valence-electron chi connectivity index (χ1n) is 9.31. The second-order valence-corrected chi connectivity index (χ2v) is 13.9. The molecule has 0 bridgehead atoms. The molecule has 0 aliphatic carbocycles. The van der Waals surface area contributed by atoms with Gasteiger partial charge in [0.2, 0.25) is 0 Å². The Hall–Kier alpha value is -1.73. The summed E-state index contributed by atoms with van der Waals surface area (Å²) in [5.41, 5.74) is 0.823. The Morgan fingerprint density at radius 2 is 1.43 bits per heavy atom. The molecule has 2 rings (SSSR count). The van der Waals surface area contributed by atoms with E-state index in [1.54, 1.807) is 0 Å². The van der Waals surface area contributed by atoms with Crippen molar-refractivity contribution in [3.05, 3.63) is 72.3 Å². The van der Waals surface area contributed by atoms with Crippen molar-refractivity contribution in [2.24, 2.45) is 0 Å². The summed E-state index contributed by atoms with van der Waals surface area (Å²) in [4.78, 5) is 0. The highest BCUT2D eigenvalue weighted by atomic mass is 32.2. The van der Waals surface area contributed by atoms with E-state index >= 15 is 0 Å². The lowest BCUT2D eigenvalue weighted by Crippen LogP contribution is -2.66. The fraction of sp³-hybridized carbons (Fsp3) is 0.364. The van der Waals surface area contributed by atoms with Crippen LogP contribution in [0.4, 0.5) is 0 Å². The van der Waals surface area contributed by atoms with Gasteiger partial charge >= 0.3 is 0 Å². The van der Waals surface area contributed by atoms with Crippen molar-refractivity contribution in [2.45, 2.75) is 32.7 Å². The van der Waals surface area contributed by atoms with E-state index in [2.05, 4.69) is 69.3 Å². The second-order valence-electron chi connectivity index (χ2n) is 7.99. The van der Waals surface area contributed by atoms with Crippen LogP contribution < -0.4 is 10.4 Å². The van der Waals surface area contributed by atoms with Gasteiger partial charge < -0.3 is 4.43 Å². The SMILES string of the molecule is C/C(=C\CO[Si](c1ccccc1)(c1ccccc1)C(C)(C)C)COS(C)(=O)=O. The number of hydrogen-bond donors (Lipinski definition) is 0. The molecule has 0 saturated carbocycles. The molecule has 0 aromatic heterocycles. The maximum absolute atomic E-state index is 11.2. The van der Waals surface area contributed by atoms with Gasteiger partial charge in [0.15, 0.2) is 0 Å². The highest BCUT2D eigenvalue weighted by Crippen LogP contribution is 2.36. The lowest BCUT2D eigenvalue weighted by atomic mass is 10.2. The van der Waals surface area contributed by atoms with E-state index in [0.717, 1.165) is 11.8 Å². The number of benzene rings is 2. The average Bonchev–Trinajstić information content (AvgIpc) is 2.63. The summed E-state index contributed by atoms with van der Waals surface area (Å²) < 4.78 is 34.0. The maximum atomic E-state index is 11.2. The monoisotopic (exact) mass is 418 g/mol. The van der Waals surface area contributed by atoms with Gasteiger partial charge in [-0.3, -0.25) is 4.18 Å². The van der Waals surface area contributed by atoms with Gasteiger partial charge in [0.1, 0.15) is 0 Å². The lowest BCUT2D eigenvalue weighted by molar-refractivity contribution is 0.330. The molecule has 0 amide bonds. The van der Waals surface area contributed by atoms with E-state index in [9.17, 15) is 8.42 Å². The first kappa shape index (κ1) is 22.6. The lowest BCUT2D eigenvalue weighted by Gasteiger charge is -2.42. The minimum atomic E-state index is -3.45. The smallest absolute Gasteiger partial charge is 0.264 e. The van der Waals surface area contributed by atoms with E-state index in [-0.39, 0.29) is 11.6 Å². The summed E-state index contributed by atoms with van der Waals surface area (Å²) >= 11 is 0. The van der Waals surface area contributed by atoms with Gasteiger partial charge in [-0.25, -0.2) is 0 Å². The van der Waals surface area contributed by atoms with Crippen LogP contribution in [0.5, 0.6) is 0 Å². The molecule has 2 aromatic rings. The van der Waals surface area contributed by atoms with Crippen LogP contribution in [-0.4, -0.2) is 36.2 Å². The Labute approximate surface area is 170 Å².